The molecule has 0 unspecified atom stereocenters. The number of fused-ring (bicyclic) bond motifs is 5. The Hall–Kier alpha value is -1.25. The third-order valence-corrected chi connectivity index (χ3v) is 9.02. The first-order valence-corrected chi connectivity index (χ1v) is 9.97. The largest absolute Gasteiger partial charge is 0.302 e. The molecule has 4 rings (SSSR count). The number of aldehydes is 1. The Morgan fingerprint density at radius 3 is 2.56 bits per heavy atom. The lowest BCUT2D eigenvalue weighted by molar-refractivity contribution is -0.147. The SMILES string of the molecule is CC(=O)[C@@]1(C=O)CC[C@H]2[C@@H]3CC=C4CC(=O)CC[C@]4(C)[C@H]3CC[C@@]21C. The number of allylic oxidation sites excluding steroid dienone is 2. The number of Topliss-reactive ketones (excluding diaryl/α,β-unsaturated/α-hetero) is 2. The van der Waals surface area contributed by atoms with Gasteiger partial charge in [0, 0.05) is 12.8 Å². The highest BCUT2D eigenvalue weighted by molar-refractivity contribution is 5.98. The number of ketones is 2. The van der Waals surface area contributed by atoms with Crippen LogP contribution in [-0.2, 0) is 14.4 Å². The summed E-state index contributed by atoms with van der Waals surface area (Å²) >= 11 is 0. The molecule has 25 heavy (non-hydrogen) atoms. The van der Waals surface area contributed by atoms with E-state index in [0.29, 0.717) is 36.4 Å². The fourth-order valence-corrected chi connectivity index (χ4v) is 7.41. The zero-order valence-corrected chi connectivity index (χ0v) is 15.8. The van der Waals surface area contributed by atoms with Crippen molar-refractivity contribution < 1.29 is 14.4 Å². The van der Waals surface area contributed by atoms with Gasteiger partial charge in [0.2, 0.25) is 0 Å². The fourth-order valence-electron chi connectivity index (χ4n) is 7.41. The Balaban J connectivity index is 1.72. The van der Waals surface area contributed by atoms with E-state index in [1.54, 1.807) is 6.92 Å². The summed E-state index contributed by atoms with van der Waals surface area (Å²) in [5, 5.41) is 0. The Bertz CT molecular complexity index is 677. The van der Waals surface area contributed by atoms with Crippen LogP contribution < -0.4 is 0 Å². The van der Waals surface area contributed by atoms with E-state index in [9.17, 15) is 14.4 Å². The molecule has 6 atom stereocenters. The van der Waals surface area contributed by atoms with E-state index in [0.717, 1.165) is 44.8 Å². The quantitative estimate of drug-likeness (QED) is 0.427. The molecule has 0 aromatic heterocycles. The molecule has 0 aliphatic heterocycles. The van der Waals surface area contributed by atoms with Crippen molar-refractivity contribution in [2.24, 2.45) is 34.0 Å². The zero-order valence-electron chi connectivity index (χ0n) is 15.8. The van der Waals surface area contributed by atoms with Gasteiger partial charge in [-0.1, -0.05) is 25.5 Å². The van der Waals surface area contributed by atoms with Gasteiger partial charge in [-0.25, -0.2) is 0 Å². The van der Waals surface area contributed by atoms with E-state index in [-0.39, 0.29) is 16.6 Å². The molecule has 0 aromatic carbocycles. The van der Waals surface area contributed by atoms with Gasteiger partial charge in [0.05, 0.1) is 5.41 Å². The van der Waals surface area contributed by atoms with Crippen LogP contribution in [0.25, 0.3) is 0 Å². The standard InChI is InChI=1S/C22H30O3/c1-14(24)22(13-23)11-8-19-17-5-4-15-12-16(25)6-9-20(15,2)18(17)7-10-21(19,22)3/h4,13,17-19H,5-12H2,1-3H3/t17-,18+,19+,20+,21+,22+/m1/s1. The summed E-state index contributed by atoms with van der Waals surface area (Å²) in [7, 11) is 0. The second kappa shape index (κ2) is 5.37. The normalized spacial score (nSPS) is 48.8. The van der Waals surface area contributed by atoms with Crippen LogP contribution in [-0.4, -0.2) is 17.9 Å². The number of carbonyl (C=O) groups excluding carboxylic acids is 3. The molecule has 3 fully saturated rings. The van der Waals surface area contributed by atoms with Gasteiger partial charge >= 0.3 is 0 Å². The molecule has 0 N–H and O–H groups in total. The summed E-state index contributed by atoms with van der Waals surface area (Å²) < 4.78 is 0. The van der Waals surface area contributed by atoms with Crippen LogP contribution in [0.3, 0.4) is 0 Å². The summed E-state index contributed by atoms with van der Waals surface area (Å²) in [5.74, 6) is 2.07. The summed E-state index contributed by atoms with van der Waals surface area (Å²) in [5.41, 5.74) is 0.574. The van der Waals surface area contributed by atoms with Crippen molar-refractivity contribution in [3.8, 4) is 0 Å². The van der Waals surface area contributed by atoms with Crippen LogP contribution in [0.2, 0.25) is 0 Å². The van der Waals surface area contributed by atoms with E-state index < -0.39 is 5.41 Å². The molecule has 0 spiro atoms. The molecule has 0 saturated heterocycles. The van der Waals surface area contributed by atoms with Crippen LogP contribution in [0.4, 0.5) is 0 Å². The lowest BCUT2D eigenvalue weighted by Gasteiger charge is -2.58. The minimum atomic E-state index is -0.768. The molecule has 3 nitrogen and oxygen atoms in total. The van der Waals surface area contributed by atoms with E-state index in [1.807, 2.05) is 0 Å². The third kappa shape index (κ3) is 2.01. The van der Waals surface area contributed by atoms with Crippen molar-refractivity contribution in [3.63, 3.8) is 0 Å². The monoisotopic (exact) mass is 342 g/mol. The number of hydrogen-bond acceptors (Lipinski definition) is 3. The van der Waals surface area contributed by atoms with Crippen molar-refractivity contribution in [1.29, 1.82) is 0 Å². The van der Waals surface area contributed by atoms with Crippen molar-refractivity contribution >= 4 is 17.9 Å². The van der Waals surface area contributed by atoms with Gasteiger partial charge in [-0.2, -0.15) is 0 Å². The van der Waals surface area contributed by atoms with Gasteiger partial charge < -0.3 is 4.79 Å². The number of carbonyl (C=O) groups is 3. The van der Waals surface area contributed by atoms with Crippen molar-refractivity contribution in [1.82, 2.24) is 0 Å². The maximum absolute atomic E-state index is 12.5. The van der Waals surface area contributed by atoms with Crippen LogP contribution in [0.15, 0.2) is 11.6 Å². The highest BCUT2D eigenvalue weighted by atomic mass is 16.1. The fraction of sp³-hybridized carbons (Fsp3) is 0.773. The van der Waals surface area contributed by atoms with Gasteiger partial charge in [-0.3, -0.25) is 9.59 Å². The highest BCUT2D eigenvalue weighted by Gasteiger charge is 2.65. The maximum Gasteiger partial charge on any atom is 0.143 e. The average Bonchev–Trinajstić information content (AvgIpc) is 2.89. The minimum absolute atomic E-state index is 0.0625. The Labute approximate surface area is 150 Å². The lowest BCUT2D eigenvalue weighted by Crippen LogP contribution is -2.54. The number of rotatable bonds is 2. The smallest absolute Gasteiger partial charge is 0.143 e. The summed E-state index contributed by atoms with van der Waals surface area (Å²) in [6.07, 6.45) is 10.5. The van der Waals surface area contributed by atoms with Crippen LogP contribution >= 0.6 is 0 Å². The van der Waals surface area contributed by atoms with Gasteiger partial charge in [-0.05, 0) is 74.0 Å². The first kappa shape index (κ1) is 17.2. The first-order valence-electron chi connectivity index (χ1n) is 9.97. The maximum atomic E-state index is 12.5. The van der Waals surface area contributed by atoms with Gasteiger partial charge in [0.25, 0.3) is 0 Å². The molecule has 4 aliphatic carbocycles. The molecular weight excluding hydrogens is 312 g/mol. The molecule has 0 heterocycles. The molecule has 0 radical (unpaired) electrons. The molecular formula is C22H30O3. The Kier molecular flexibility index (Phi) is 3.69. The third-order valence-electron chi connectivity index (χ3n) is 9.02. The average molecular weight is 342 g/mol. The van der Waals surface area contributed by atoms with Crippen LogP contribution in [0.5, 0.6) is 0 Å². The Morgan fingerprint density at radius 2 is 1.88 bits per heavy atom. The second-order valence-corrected chi connectivity index (χ2v) is 9.62. The van der Waals surface area contributed by atoms with Crippen molar-refractivity contribution in [2.45, 2.75) is 72.1 Å². The molecule has 0 bridgehead atoms. The van der Waals surface area contributed by atoms with E-state index in [1.165, 1.54) is 5.57 Å². The zero-order chi connectivity index (χ0) is 18.0. The van der Waals surface area contributed by atoms with E-state index >= 15 is 0 Å². The highest BCUT2D eigenvalue weighted by Crippen LogP contribution is 2.69. The predicted molar refractivity (Wildman–Crippen MR) is 95.9 cm³/mol. The van der Waals surface area contributed by atoms with E-state index in [2.05, 4.69) is 19.9 Å². The lowest BCUT2D eigenvalue weighted by atomic mass is 9.45. The molecule has 0 aromatic rings. The van der Waals surface area contributed by atoms with Crippen molar-refractivity contribution in [2.75, 3.05) is 0 Å². The summed E-state index contributed by atoms with van der Waals surface area (Å²) in [4.78, 5) is 36.4. The molecule has 136 valence electrons. The predicted octanol–water partition coefficient (Wildman–Crippen LogP) is 4.29. The Morgan fingerprint density at radius 1 is 1.16 bits per heavy atom. The van der Waals surface area contributed by atoms with Crippen molar-refractivity contribution in [3.05, 3.63) is 11.6 Å². The molecule has 3 heteroatoms. The summed E-state index contributed by atoms with van der Waals surface area (Å²) in [6, 6.07) is 0. The summed E-state index contributed by atoms with van der Waals surface area (Å²) in [6.45, 7) is 6.20. The topological polar surface area (TPSA) is 51.2 Å². The van der Waals surface area contributed by atoms with Crippen LogP contribution in [0, 0.1) is 34.0 Å². The van der Waals surface area contributed by atoms with Gasteiger partial charge in [-0.15, -0.1) is 0 Å². The molecule has 4 aliphatic rings. The molecule has 0 amide bonds. The van der Waals surface area contributed by atoms with Gasteiger partial charge in [0.1, 0.15) is 17.9 Å². The van der Waals surface area contributed by atoms with Crippen LogP contribution in [0.1, 0.15) is 72.1 Å². The number of hydrogen-bond donors (Lipinski definition) is 0. The molecule has 3 saturated carbocycles. The van der Waals surface area contributed by atoms with Gasteiger partial charge in [0.15, 0.2) is 0 Å². The van der Waals surface area contributed by atoms with E-state index in [4.69, 9.17) is 0 Å². The first-order chi connectivity index (χ1) is 11.8. The second-order valence-electron chi connectivity index (χ2n) is 9.62. The minimum Gasteiger partial charge on any atom is -0.302 e.